The summed E-state index contributed by atoms with van der Waals surface area (Å²) in [6.45, 7) is 2.98. The van der Waals surface area contributed by atoms with Gasteiger partial charge >= 0.3 is 0 Å². The molecular formula is C21H29N3O3. The van der Waals surface area contributed by atoms with Crippen LogP contribution in [0.1, 0.15) is 51.9 Å². The van der Waals surface area contributed by atoms with E-state index in [0.29, 0.717) is 24.5 Å². The van der Waals surface area contributed by atoms with Crippen molar-refractivity contribution in [1.29, 1.82) is 0 Å². The van der Waals surface area contributed by atoms with Crippen LogP contribution >= 0.6 is 0 Å². The summed E-state index contributed by atoms with van der Waals surface area (Å²) in [7, 11) is 0. The van der Waals surface area contributed by atoms with E-state index in [4.69, 9.17) is 4.42 Å². The fourth-order valence-electron chi connectivity index (χ4n) is 3.80. The molecule has 0 saturated heterocycles. The van der Waals surface area contributed by atoms with E-state index in [9.17, 15) is 9.59 Å². The van der Waals surface area contributed by atoms with E-state index in [1.807, 2.05) is 0 Å². The lowest BCUT2D eigenvalue weighted by atomic mass is 9.79. The molecule has 27 heavy (non-hydrogen) atoms. The third kappa shape index (κ3) is 5.31. The molecule has 2 heterocycles. The molecule has 1 amide bonds. The van der Waals surface area contributed by atoms with Gasteiger partial charge in [0, 0.05) is 18.5 Å². The zero-order valence-corrected chi connectivity index (χ0v) is 16.0. The van der Waals surface area contributed by atoms with Gasteiger partial charge in [-0.2, -0.15) is 5.10 Å². The predicted octanol–water partition coefficient (Wildman–Crippen LogP) is 3.62. The van der Waals surface area contributed by atoms with Gasteiger partial charge in [0.15, 0.2) is 5.76 Å². The molecular weight excluding hydrogens is 342 g/mol. The first-order valence-electron chi connectivity index (χ1n) is 10.1. The number of amides is 1. The molecule has 2 aromatic heterocycles. The molecule has 3 rings (SSSR count). The topological polar surface area (TPSA) is 77.1 Å². The van der Waals surface area contributed by atoms with Crippen molar-refractivity contribution >= 4 is 5.91 Å². The third-order valence-corrected chi connectivity index (χ3v) is 5.45. The van der Waals surface area contributed by atoms with Crippen LogP contribution in [-0.2, 0) is 11.3 Å². The summed E-state index contributed by atoms with van der Waals surface area (Å²) in [5, 5.41) is 7.30. The molecule has 0 aromatic carbocycles. The Morgan fingerprint density at radius 2 is 2.07 bits per heavy atom. The summed E-state index contributed by atoms with van der Waals surface area (Å²) in [6.07, 6.45) is 9.68. The van der Waals surface area contributed by atoms with Gasteiger partial charge in [0.2, 0.25) is 5.91 Å². The van der Waals surface area contributed by atoms with Crippen molar-refractivity contribution in [3.05, 3.63) is 40.9 Å². The molecule has 0 aliphatic heterocycles. The lowest BCUT2D eigenvalue weighted by Crippen LogP contribution is -2.36. The second kappa shape index (κ2) is 9.53. The number of nitrogens with zero attached hydrogens (tertiary/aromatic N) is 2. The number of carbonyl (C=O) groups is 1. The summed E-state index contributed by atoms with van der Waals surface area (Å²) in [5.74, 6) is 1.63. The number of hydrogen-bond donors (Lipinski definition) is 1. The fourth-order valence-corrected chi connectivity index (χ4v) is 3.80. The highest BCUT2D eigenvalue weighted by molar-refractivity contribution is 5.78. The molecule has 1 aliphatic carbocycles. The van der Waals surface area contributed by atoms with Crippen LogP contribution in [0.15, 0.2) is 39.7 Å². The molecule has 0 unspecified atom stereocenters. The quantitative estimate of drug-likeness (QED) is 0.769. The van der Waals surface area contributed by atoms with E-state index in [2.05, 4.69) is 17.3 Å². The molecule has 1 saturated carbocycles. The highest BCUT2D eigenvalue weighted by Gasteiger charge is 2.25. The van der Waals surface area contributed by atoms with Gasteiger partial charge in [-0.3, -0.25) is 9.59 Å². The first kappa shape index (κ1) is 19.4. The molecule has 6 nitrogen and oxygen atoms in total. The molecule has 1 aliphatic rings. The Hall–Kier alpha value is -2.37. The Kier molecular flexibility index (Phi) is 6.85. The van der Waals surface area contributed by atoms with Crippen molar-refractivity contribution < 1.29 is 9.21 Å². The zero-order chi connectivity index (χ0) is 19.1. The molecule has 0 spiro atoms. The molecule has 0 radical (unpaired) electrons. The second-order valence-corrected chi connectivity index (χ2v) is 7.41. The largest absolute Gasteiger partial charge is 0.463 e. The van der Waals surface area contributed by atoms with Gasteiger partial charge in [-0.1, -0.05) is 26.2 Å². The number of carbonyl (C=O) groups excluding carboxylic acids is 1. The fraction of sp³-hybridized carbons (Fsp3) is 0.571. The maximum Gasteiger partial charge on any atom is 0.266 e. The van der Waals surface area contributed by atoms with Gasteiger partial charge in [0.25, 0.3) is 5.56 Å². The van der Waals surface area contributed by atoms with Crippen molar-refractivity contribution in [3.8, 4) is 11.5 Å². The Labute approximate surface area is 160 Å². The first-order valence-corrected chi connectivity index (χ1v) is 10.1. The second-order valence-electron chi connectivity index (χ2n) is 7.41. The summed E-state index contributed by atoms with van der Waals surface area (Å²) >= 11 is 0. The van der Waals surface area contributed by atoms with Crippen molar-refractivity contribution in [2.24, 2.45) is 11.8 Å². The molecule has 1 N–H and O–H groups in total. The van der Waals surface area contributed by atoms with Gasteiger partial charge in [0.1, 0.15) is 5.69 Å². The number of nitrogens with one attached hydrogen (secondary N) is 1. The summed E-state index contributed by atoms with van der Waals surface area (Å²) in [5.41, 5.74) is 0.423. The highest BCUT2D eigenvalue weighted by Crippen LogP contribution is 2.31. The Morgan fingerprint density at radius 1 is 1.26 bits per heavy atom. The summed E-state index contributed by atoms with van der Waals surface area (Å²) in [4.78, 5) is 24.4. The van der Waals surface area contributed by atoms with Crippen LogP contribution in [0.4, 0.5) is 0 Å². The SMILES string of the molecule is CCCCC1CCC(C(=O)NCCn2nc(-c3ccco3)ccc2=O)CC1. The molecule has 2 aromatic rings. The Morgan fingerprint density at radius 3 is 2.78 bits per heavy atom. The van der Waals surface area contributed by atoms with Crippen LogP contribution < -0.4 is 10.9 Å². The van der Waals surface area contributed by atoms with E-state index in [1.165, 1.54) is 30.0 Å². The Bertz CT molecular complexity index is 774. The van der Waals surface area contributed by atoms with E-state index in [1.54, 1.807) is 24.5 Å². The standard InChI is InChI=1S/C21H29N3O3/c1-2-3-5-16-7-9-17(10-8-16)21(26)22-13-14-24-20(25)12-11-18(23-24)19-6-4-15-27-19/h4,6,11-12,15-17H,2-3,5,7-10,13-14H2,1H3,(H,22,26). The van der Waals surface area contributed by atoms with Crippen molar-refractivity contribution in [2.75, 3.05) is 6.54 Å². The lowest BCUT2D eigenvalue weighted by Gasteiger charge is -2.27. The number of furan rings is 1. The average Bonchev–Trinajstić information content (AvgIpc) is 3.23. The van der Waals surface area contributed by atoms with Crippen LogP contribution in [0.25, 0.3) is 11.5 Å². The third-order valence-electron chi connectivity index (χ3n) is 5.45. The van der Waals surface area contributed by atoms with Crippen molar-refractivity contribution in [1.82, 2.24) is 15.1 Å². The number of hydrogen-bond acceptors (Lipinski definition) is 4. The van der Waals surface area contributed by atoms with Crippen molar-refractivity contribution in [3.63, 3.8) is 0 Å². The monoisotopic (exact) mass is 371 g/mol. The number of aromatic nitrogens is 2. The van der Waals surface area contributed by atoms with E-state index in [-0.39, 0.29) is 17.4 Å². The van der Waals surface area contributed by atoms with Gasteiger partial charge in [0.05, 0.1) is 12.8 Å². The number of rotatable bonds is 8. The van der Waals surface area contributed by atoms with Crippen LogP contribution in [0, 0.1) is 11.8 Å². The number of unbranched alkanes of at least 4 members (excludes halogenated alkanes) is 1. The summed E-state index contributed by atoms with van der Waals surface area (Å²) in [6, 6.07) is 6.71. The first-order chi connectivity index (χ1) is 13.2. The normalized spacial score (nSPS) is 19.7. The molecule has 146 valence electrons. The van der Waals surface area contributed by atoms with E-state index >= 15 is 0 Å². The average molecular weight is 371 g/mol. The molecule has 1 fully saturated rings. The Balaban J connectivity index is 1.47. The lowest BCUT2D eigenvalue weighted by molar-refractivity contribution is -0.126. The minimum Gasteiger partial charge on any atom is -0.463 e. The van der Waals surface area contributed by atoms with Crippen LogP contribution in [0.2, 0.25) is 0 Å². The van der Waals surface area contributed by atoms with E-state index in [0.717, 1.165) is 31.6 Å². The molecule has 6 heteroatoms. The summed E-state index contributed by atoms with van der Waals surface area (Å²) < 4.78 is 6.70. The van der Waals surface area contributed by atoms with Gasteiger partial charge in [-0.25, -0.2) is 4.68 Å². The van der Waals surface area contributed by atoms with Crippen LogP contribution in [-0.4, -0.2) is 22.2 Å². The van der Waals surface area contributed by atoms with Crippen molar-refractivity contribution in [2.45, 2.75) is 58.4 Å². The highest BCUT2D eigenvalue weighted by atomic mass is 16.3. The molecule has 0 bridgehead atoms. The van der Waals surface area contributed by atoms with Gasteiger partial charge in [-0.05, 0) is 49.8 Å². The van der Waals surface area contributed by atoms with Gasteiger partial charge < -0.3 is 9.73 Å². The van der Waals surface area contributed by atoms with Crippen LogP contribution in [0.3, 0.4) is 0 Å². The zero-order valence-electron chi connectivity index (χ0n) is 16.0. The maximum absolute atomic E-state index is 12.4. The predicted molar refractivity (Wildman–Crippen MR) is 104 cm³/mol. The smallest absolute Gasteiger partial charge is 0.266 e. The van der Waals surface area contributed by atoms with E-state index < -0.39 is 0 Å². The minimum atomic E-state index is -0.184. The molecule has 0 atom stereocenters. The maximum atomic E-state index is 12.4. The minimum absolute atomic E-state index is 0.110. The van der Waals surface area contributed by atoms with Gasteiger partial charge in [-0.15, -0.1) is 0 Å². The van der Waals surface area contributed by atoms with Crippen LogP contribution in [0.5, 0.6) is 0 Å².